The average Bonchev–Trinajstić information content (AvgIpc) is 2.79. The summed E-state index contributed by atoms with van der Waals surface area (Å²) in [7, 11) is 1.50. The van der Waals surface area contributed by atoms with Crippen molar-refractivity contribution in [1.29, 1.82) is 5.41 Å². The fraction of sp³-hybridized carbons (Fsp3) is 0.208. The zero-order chi connectivity index (χ0) is 24.9. The number of hydrogen-bond donors (Lipinski definition) is 3. The summed E-state index contributed by atoms with van der Waals surface area (Å²) >= 11 is 0. The van der Waals surface area contributed by atoms with Gasteiger partial charge in [0, 0.05) is 47.5 Å². The van der Waals surface area contributed by atoms with Crippen molar-refractivity contribution < 1.29 is 23.1 Å². The molecule has 0 saturated carbocycles. The normalized spacial score (nSPS) is 11.9. The van der Waals surface area contributed by atoms with Gasteiger partial charge in [-0.15, -0.1) is 0 Å². The number of halogens is 2. The van der Waals surface area contributed by atoms with Gasteiger partial charge in [-0.25, -0.2) is 8.78 Å². The average molecular weight is 467 g/mol. The molecule has 3 rings (SSSR count). The maximum atomic E-state index is 13.6. The van der Waals surface area contributed by atoms with Crippen LogP contribution in [-0.4, -0.2) is 34.6 Å². The SMILES string of the molecule is COc1ccc(NC(=O)C(C(C)=N)C(=O)Nc2cccc(C(C)(F)F)c2)cc1-c1cnccn1. The predicted octanol–water partition coefficient (Wildman–Crippen LogP) is 4.50. The second kappa shape index (κ2) is 10.2. The van der Waals surface area contributed by atoms with Gasteiger partial charge < -0.3 is 20.8 Å². The number of carbonyl (C=O) groups excluding carboxylic acids is 2. The van der Waals surface area contributed by atoms with E-state index in [4.69, 9.17) is 10.1 Å². The van der Waals surface area contributed by atoms with E-state index in [-0.39, 0.29) is 17.0 Å². The Morgan fingerprint density at radius 1 is 1.06 bits per heavy atom. The van der Waals surface area contributed by atoms with Crippen LogP contribution in [0.4, 0.5) is 20.2 Å². The lowest BCUT2D eigenvalue weighted by Gasteiger charge is -2.18. The van der Waals surface area contributed by atoms with Crippen molar-refractivity contribution in [2.24, 2.45) is 5.92 Å². The Labute approximate surface area is 194 Å². The third-order valence-electron chi connectivity index (χ3n) is 4.90. The van der Waals surface area contributed by atoms with Crippen LogP contribution in [-0.2, 0) is 15.5 Å². The fourth-order valence-electron chi connectivity index (χ4n) is 3.24. The molecule has 0 aliphatic heterocycles. The van der Waals surface area contributed by atoms with Gasteiger partial charge in [-0.1, -0.05) is 12.1 Å². The number of rotatable bonds is 8. The van der Waals surface area contributed by atoms with Gasteiger partial charge >= 0.3 is 0 Å². The highest BCUT2D eigenvalue weighted by Crippen LogP contribution is 2.31. The molecule has 3 aromatic rings. The molecule has 0 aliphatic rings. The largest absolute Gasteiger partial charge is 0.496 e. The van der Waals surface area contributed by atoms with Crippen LogP contribution in [0.2, 0.25) is 0 Å². The van der Waals surface area contributed by atoms with Crippen molar-refractivity contribution in [2.75, 3.05) is 17.7 Å². The predicted molar refractivity (Wildman–Crippen MR) is 124 cm³/mol. The van der Waals surface area contributed by atoms with Gasteiger partial charge in [-0.2, -0.15) is 0 Å². The Bertz CT molecular complexity index is 1210. The summed E-state index contributed by atoms with van der Waals surface area (Å²) in [4.78, 5) is 34.0. The van der Waals surface area contributed by atoms with Crippen molar-refractivity contribution >= 4 is 28.9 Å². The van der Waals surface area contributed by atoms with Crippen molar-refractivity contribution in [2.45, 2.75) is 19.8 Å². The molecule has 2 amide bonds. The van der Waals surface area contributed by atoms with Crippen LogP contribution in [0.25, 0.3) is 11.3 Å². The number of amides is 2. The van der Waals surface area contributed by atoms with Gasteiger partial charge in [0.05, 0.1) is 19.0 Å². The highest BCUT2D eigenvalue weighted by molar-refractivity contribution is 6.24. The van der Waals surface area contributed by atoms with Gasteiger partial charge in [0.1, 0.15) is 5.75 Å². The van der Waals surface area contributed by atoms with Crippen LogP contribution in [0.3, 0.4) is 0 Å². The van der Waals surface area contributed by atoms with Crippen LogP contribution in [0.5, 0.6) is 5.75 Å². The Balaban J connectivity index is 1.82. The second-order valence-corrected chi connectivity index (χ2v) is 7.57. The number of hydrogen-bond acceptors (Lipinski definition) is 6. The van der Waals surface area contributed by atoms with Gasteiger partial charge in [-0.05, 0) is 37.3 Å². The Kier molecular flexibility index (Phi) is 7.30. The molecule has 10 heteroatoms. The molecule has 34 heavy (non-hydrogen) atoms. The highest BCUT2D eigenvalue weighted by Gasteiger charge is 2.30. The summed E-state index contributed by atoms with van der Waals surface area (Å²) in [6.45, 7) is 2.06. The number of methoxy groups -OCH3 is 1. The number of anilines is 2. The molecule has 1 heterocycles. The van der Waals surface area contributed by atoms with Crippen LogP contribution in [0, 0.1) is 11.3 Å². The van der Waals surface area contributed by atoms with Crippen molar-refractivity contribution in [1.82, 2.24) is 9.97 Å². The molecule has 0 aliphatic carbocycles. The van der Waals surface area contributed by atoms with E-state index in [2.05, 4.69) is 20.6 Å². The van der Waals surface area contributed by atoms with E-state index in [1.807, 2.05) is 0 Å². The van der Waals surface area contributed by atoms with Crippen LogP contribution >= 0.6 is 0 Å². The van der Waals surface area contributed by atoms with E-state index < -0.39 is 23.7 Å². The molecule has 0 saturated heterocycles. The standard InChI is InChI=1S/C24H23F2N5O3/c1-14(27)21(22(32)30-16-6-4-5-15(11-16)24(2,25)26)23(33)31-17-7-8-20(34-3)18(12-17)19-13-28-9-10-29-19/h4-13,21,27H,1-3H3,(H,30,32)(H,31,33). The van der Waals surface area contributed by atoms with Crippen LogP contribution in [0.1, 0.15) is 19.4 Å². The lowest BCUT2D eigenvalue weighted by atomic mass is 10.0. The van der Waals surface area contributed by atoms with E-state index in [0.29, 0.717) is 22.7 Å². The summed E-state index contributed by atoms with van der Waals surface area (Å²) in [5, 5.41) is 13.0. The minimum atomic E-state index is -3.09. The van der Waals surface area contributed by atoms with Gasteiger partial charge in [0.2, 0.25) is 11.8 Å². The zero-order valence-electron chi connectivity index (χ0n) is 18.7. The van der Waals surface area contributed by atoms with Crippen LogP contribution in [0.15, 0.2) is 61.1 Å². The first-order valence-electron chi connectivity index (χ1n) is 10.2. The molecular formula is C24H23F2N5O3. The maximum Gasteiger partial charge on any atom is 0.270 e. The summed E-state index contributed by atoms with van der Waals surface area (Å²) in [6, 6.07) is 9.99. The van der Waals surface area contributed by atoms with E-state index in [9.17, 15) is 18.4 Å². The Morgan fingerprint density at radius 2 is 1.74 bits per heavy atom. The fourth-order valence-corrected chi connectivity index (χ4v) is 3.24. The molecule has 1 unspecified atom stereocenters. The molecular weight excluding hydrogens is 444 g/mol. The van der Waals surface area contributed by atoms with Crippen molar-refractivity contribution in [3.05, 3.63) is 66.6 Å². The molecule has 0 fully saturated rings. The van der Waals surface area contributed by atoms with Crippen molar-refractivity contribution in [3.8, 4) is 17.0 Å². The molecule has 0 bridgehead atoms. The van der Waals surface area contributed by atoms with E-state index in [1.54, 1.807) is 18.2 Å². The van der Waals surface area contributed by atoms with Gasteiger partial charge in [-0.3, -0.25) is 19.6 Å². The third kappa shape index (κ3) is 5.77. The number of ether oxygens (including phenoxy) is 1. The Hall–Kier alpha value is -4.21. The third-order valence-corrected chi connectivity index (χ3v) is 4.90. The molecule has 0 spiro atoms. The topological polar surface area (TPSA) is 117 Å². The molecule has 8 nitrogen and oxygen atoms in total. The maximum absolute atomic E-state index is 13.6. The zero-order valence-corrected chi connectivity index (χ0v) is 18.7. The van der Waals surface area contributed by atoms with E-state index >= 15 is 0 Å². The molecule has 0 radical (unpaired) electrons. The monoisotopic (exact) mass is 467 g/mol. The first-order chi connectivity index (χ1) is 16.1. The number of carbonyl (C=O) groups is 2. The molecule has 176 valence electrons. The second-order valence-electron chi connectivity index (χ2n) is 7.57. The summed E-state index contributed by atoms with van der Waals surface area (Å²) in [6.07, 6.45) is 4.58. The quantitative estimate of drug-likeness (QED) is 0.333. The number of nitrogens with one attached hydrogen (secondary N) is 3. The number of aromatic nitrogens is 2. The minimum Gasteiger partial charge on any atom is -0.496 e. The summed E-state index contributed by atoms with van der Waals surface area (Å²) in [5.41, 5.74) is 1.02. The first-order valence-corrected chi connectivity index (χ1v) is 10.2. The number of alkyl halides is 2. The van der Waals surface area contributed by atoms with Gasteiger partial charge in [0.15, 0.2) is 5.92 Å². The van der Waals surface area contributed by atoms with Gasteiger partial charge in [0.25, 0.3) is 5.92 Å². The lowest BCUT2D eigenvalue weighted by Crippen LogP contribution is -2.38. The smallest absolute Gasteiger partial charge is 0.270 e. The van der Waals surface area contributed by atoms with E-state index in [0.717, 1.165) is 13.0 Å². The molecule has 1 atom stereocenters. The highest BCUT2D eigenvalue weighted by atomic mass is 19.3. The Morgan fingerprint density at radius 3 is 2.29 bits per heavy atom. The van der Waals surface area contributed by atoms with Crippen molar-refractivity contribution in [3.63, 3.8) is 0 Å². The molecule has 2 aromatic carbocycles. The first kappa shape index (κ1) is 24.4. The minimum absolute atomic E-state index is 0.0949. The van der Waals surface area contributed by atoms with E-state index in [1.165, 1.54) is 50.8 Å². The van der Waals surface area contributed by atoms with Crippen LogP contribution < -0.4 is 15.4 Å². The molecule has 3 N–H and O–H groups in total. The summed E-state index contributed by atoms with van der Waals surface area (Å²) in [5.74, 6) is -5.64. The number of benzene rings is 2. The lowest BCUT2D eigenvalue weighted by molar-refractivity contribution is -0.126. The molecule has 1 aromatic heterocycles. The summed E-state index contributed by atoms with van der Waals surface area (Å²) < 4.78 is 32.6. The number of nitrogens with zero attached hydrogens (tertiary/aromatic N) is 2.